The van der Waals surface area contributed by atoms with E-state index < -0.39 is 5.97 Å². The first kappa shape index (κ1) is 17.0. The lowest BCUT2D eigenvalue weighted by molar-refractivity contribution is 0.0606. The molecule has 2 rings (SSSR count). The smallest absolute Gasteiger partial charge is 0.348 e. The van der Waals surface area contributed by atoms with Gasteiger partial charge in [-0.2, -0.15) is 0 Å². The predicted molar refractivity (Wildman–Crippen MR) is 89.3 cm³/mol. The van der Waals surface area contributed by atoms with Gasteiger partial charge in [-0.3, -0.25) is 4.79 Å². The molecule has 0 spiro atoms. The highest BCUT2D eigenvalue weighted by molar-refractivity contribution is 7.15. The molecule has 0 aliphatic rings. The number of ether oxygens (including phenoxy) is 2. The topological polar surface area (TPSA) is 64.6 Å². The predicted octanol–water partition coefficient (Wildman–Crippen LogP) is 3.34. The van der Waals surface area contributed by atoms with Gasteiger partial charge in [0.05, 0.1) is 25.1 Å². The Hall–Kier alpha value is -2.34. The molecule has 1 aromatic heterocycles. The van der Waals surface area contributed by atoms with Crippen molar-refractivity contribution in [1.82, 2.24) is 5.32 Å². The number of benzene rings is 1. The second-order valence-corrected chi connectivity index (χ2v) is 6.18. The summed E-state index contributed by atoms with van der Waals surface area (Å²) in [5.74, 6) is 0.0495. The molecule has 0 aliphatic carbocycles. The summed E-state index contributed by atoms with van der Waals surface area (Å²) in [7, 11) is 2.92. The molecule has 1 unspecified atom stereocenters. The Balaban J connectivity index is 2.15. The van der Waals surface area contributed by atoms with Crippen LogP contribution in [0.4, 0.5) is 0 Å². The van der Waals surface area contributed by atoms with Crippen molar-refractivity contribution in [2.45, 2.75) is 19.9 Å². The SMILES string of the molecule is COC(=O)c1ccc(C(=O)NC(C)c2cc(C)ccc2OC)s1. The molecule has 0 aliphatic heterocycles. The molecular formula is C17H19NO4S. The van der Waals surface area contributed by atoms with Gasteiger partial charge >= 0.3 is 5.97 Å². The molecule has 6 heteroatoms. The molecule has 122 valence electrons. The maximum Gasteiger partial charge on any atom is 0.348 e. The molecule has 5 nitrogen and oxygen atoms in total. The summed E-state index contributed by atoms with van der Waals surface area (Å²) in [5, 5.41) is 2.92. The maximum atomic E-state index is 12.3. The molecule has 0 fully saturated rings. The molecule has 1 amide bonds. The van der Waals surface area contributed by atoms with Gasteiger partial charge in [0.25, 0.3) is 5.91 Å². The van der Waals surface area contributed by atoms with Crippen LogP contribution in [0.2, 0.25) is 0 Å². The Labute approximate surface area is 139 Å². The van der Waals surface area contributed by atoms with Gasteiger partial charge in [0, 0.05) is 5.56 Å². The van der Waals surface area contributed by atoms with E-state index in [1.54, 1.807) is 19.2 Å². The van der Waals surface area contributed by atoms with Crippen LogP contribution in [0, 0.1) is 6.92 Å². The number of carbonyl (C=O) groups excluding carboxylic acids is 2. The molecule has 0 saturated carbocycles. The quantitative estimate of drug-likeness (QED) is 0.852. The van der Waals surface area contributed by atoms with E-state index in [4.69, 9.17) is 4.74 Å². The number of thiophene rings is 1. The fourth-order valence-corrected chi connectivity index (χ4v) is 3.04. The zero-order chi connectivity index (χ0) is 17.0. The number of nitrogens with one attached hydrogen (secondary N) is 1. The third-order valence-corrected chi connectivity index (χ3v) is 4.48. The largest absolute Gasteiger partial charge is 0.496 e. The van der Waals surface area contributed by atoms with Crippen molar-refractivity contribution in [2.24, 2.45) is 0 Å². The molecule has 0 radical (unpaired) electrons. The van der Waals surface area contributed by atoms with Gasteiger partial charge in [-0.1, -0.05) is 17.7 Å². The Morgan fingerprint density at radius 2 is 1.83 bits per heavy atom. The van der Waals surface area contributed by atoms with Crippen LogP contribution in [-0.2, 0) is 4.74 Å². The van der Waals surface area contributed by atoms with Crippen LogP contribution in [0.1, 0.15) is 43.4 Å². The standard InChI is InChI=1S/C17H19NO4S/c1-10-5-6-13(21-3)12(9-10)11(2)18-16(19)14-7-8-15(23-14)17(20)22-4/h5-9,11H,1-4H3,(H,18,19). The summed E-state index contributed by atoms with van der Waals surface area (Å²) in [4.78, 5) is 24.7. The summed E-state index contributed by atoms with van der Waals surface area (Å²) in [5.41, 5.74) is 2.00. The number of methoxy groups -OCH3 is 2. The van der Waals surface area contributed by atoms with E-state index in [1.165, 1.54) is 7.11 Å². The molecular weight excluding hydrogens is 314 g/mol. The molecule has 1 heterocycles. The molecule has 23 heavy (non-hydrogen) atoms. The van der Waals surface area contributed by atoms with E-state index in [2.05, 4.69) is 10.1 Å². The fourth-order valence-electron chi connectivity index (χ4n) is 2.21. The van der Waals surface area contributed by atoms with Crippen LogP contribution in [0.15, 0.2) is 30.3 Å². The van der Waals surface area contributed by atoms with E-state index in [-0.39, 0.29) is 11.9 Å². The minimum Gasteiger partial charge on any atom is -0.496 e. The van der Waals surface area contributed by atoms with Gasteiger partial charge in [-0.25, -0.2) is 4.79 Å². The van der Waals surface area contributed by atoms with E-state index in [1.807, 2.05) is 32.0 Å². The lowest BCUT2D eigenvalue weighted by atomic mass is 10.0. The highest BCUT2D eigenvalue weighted by Crippen LogP contribution is 2.27. The highest BCUT2D eigenvalue weighted by atomic mass is 32.1. The number of aryl methyl sites for hydroxylation is 1. The zero-order valence-electron chi connectivity index (χ0n) is 13.5. The third-order valence-electron chi connectivity index (χ3n) is 3.42. The number of rotatable bonds is 5. The van der Waals surface area contributed by atoms with Crippen molar-refractivity contribution in [3.8, 4) is 5.75 Å². The van der Waals surface area contributed by atoms with Crippen molar-refractivity contribution in [1.29, 1.82) is 0 Å². The van der Waals surface area contributed by atoms with Crippen molar-refractivity contribution in [3.63, 3.8) is 0 Å². The van der Waals surface area contributed by atoms with Crippen LogP contribution in [0.3, 0.4) is 0 Å². The first-order valence-electron chi connectivity index (χ1n) is 7.09. The van der Waals surface area contributed by atoms with Crippen LogP contribution in [0.5, 0.6) is 5.75 Å². The maximum absolute atomic E-state index is 12.3. The van der Waals surface area contributed by atoms with Gasteiger partial charge in [-0.05, 0) is 32.0 Å². The average molecular weight is 333 g/mol. The Morgan fingerprint density at radius 3 is 2.48 bits per heavy atom. The van der Waals surface area contributed by atoms with Crippen molar-refractivity contribution >= 4 is 23.2 Å². The van der Waals surface area contributed by atoms with Crippen molar-refractivity contribution < 1.29 is 19.1 Å². The number of carbonyl (C=O) groups is 2. The van der Waals surface area contributed by atoms with E-state index in [9.17, 15) is 9.59 Å². The second-order valence-electron chi connectivity index (χ2n) is 5.10. The van der Waals surface area contributed by atoms with Gasteiger partial charge in [-0.15, -0.1) is 11.3 Å². The highest BCUT2D eigenvalue weighted by Gasteiger charge is 2.18. The van der Waals surface area contributed by atoms with Crippen molar-refractivity contribution in [2.75, 3.05) is 14.2 Å². The first-order chi connectivity index (χ1) is 11.0. The number of hydrogen-bond donors (Lipinski definition) is 1. The Bertz CT molecular complexity index is 723. The van der Waals surface area contributed by atoms with Crippen LogP contribution in [-0.4, -0.2) is 26.1 Å². The minimum atomic E-state index is -0.442. The molecule has 0 saturated heterocycles. The molecule has 0 bridgehead atoms. The van der Waals surface area contributed by atoms with Gasteiger partial charge in [0.2, 0.25) is 0 Å². The van der Waals surface area contributed by atoms with Crippen molar-refractivity contribution in [3.05, 3.63) is 51.2 Å². The van der Waals surface area contributed by atoms with Crippen LogP contribution >= 0.6 is 11.3 Å². The molecule has 1 N–H and O–H groups in total. The van der Waals surface area contributed by atoms with E-state index in [0.29, 0.717) is 9.75 Å². The summed E-state index contributed by atoms with van der Waals surface area (Å²) >= 11 is 1.11. The first-order valence-corrected chi connectivity index (χ1v) is 7.91. The Morgan fingerprint density at radius 1 is 1.13 bits per heavy atom. The van der Waals surface area contributed by atoms with E-state index in [0.717, 1.165) is 28.2 Å². The molecule has 1 atom stereocenters. The molecule has 1 aromatic carbocycles. The number of amides is 1. The fraction of sp³-hybridized carbons (Fsp3) is 0.294. The Kier molecular flexibility index (Phi) is 5.39. The van der Waals surface area contributed by atoms with Gasteiger partial charge in [0.1, 0.15) is 10.6 Å². The lowest BCUT2D eigenvalue weighted by Crippen LogP contribution is -2.26. The summed E-state index contributed by atoms with van der Waals surface area (Å²) in [6, 6.07) is 8.81. The summed E-state index contributed by atoms with van der Waals surface area (Å²) < 4.78 is 10.00. The lowest BCUT2D eigenvalue weighted by Gasteiger charge is -2.17. The summed E-state index contributed by atoms with van der Waals surface area (Å²) in [6.07, 6.45) is 0. The van der Waals surface area contributed by atoms with Gasteiger partial charge < -0.3 is 14.8 Å². The minimum absolute atomic E-state index is 0.221. The number of esters is 1. The van der Waals surface area contributed by atoms with Gasteiger partial charge in [0.15, 0.2) is 0 Å². The molecule has 2 aromatic rings. The monoisotopic (exact) mass is 333 g/mol. The normalized spacial score (nSPS) is 11.7. The number of hydrogen-bond acceptors (Lipinski definition) is 5. The van der Waals surface area contributed by atoms with Crippen LogP contribution < -0.4 is 10.1 Å². The zero-order valence-corrected chi connectivity index (χ0v) is 14.3. The summed E-state index contributed by atoms with van der Waals surface area (Å²) in [6.45, 7) is 3.88. The van der Waals surface area contributed by atoms with E-state index >= 15 is 0 Å². The third kappa shape index (κ3) is 3.90. The second kappa shape index (κ2) is 7.28. The average Bonchev–Trinajstić information content (AvgIpc) is 3.04. The van der Waals surface area contributed by atoms with Crippen LogP contribution in [0.25, 0.3) is 0 Å².